The summed E-state index contributed by atoms with van der Waals surface area (Å²) in [5.74, 6) is 0.222. The van der Waals surface area contributed by atoms with E-state index in [1.54, 1.807) is 0 Å². The quantitative estimate of drug-likeness (QED) is 0.428. The fourth-order valence-corrected chi connectivity index (χ4v) is 4.80. The zero-order chi connectivity index (χ0) is 20.8. The van der Waals surface area contributed by atoms with E-state index >= 15 is 0 Å². The van der Waals surface area contributed by atoms with Crippen molar-refractivity contribution in [3.63, 3.8) is 0 Å². The molecule has 1 atom stereocenters. The van der Waals surface area contributed by atoms with Gasteiger partial charge in [-0.15, -0.1) is 0 Å². The summed E-state index contributed by atoms with van der Waals surface area (Å²) in [6, 6.07) is 29.5. The zero-order valence-corrected chi connectivity index (χ0v) is 17.3. The Morgan fingerprint density at radius 1 is 0.871 bits per heavy atom. The number of aromatic amines is 1. The number of hydrogen-bond acceptors (Lipinski definition) is 2. The maximum atomic E-state index is 4.85. The highest BCUT2D eigenvalue weighted by Gasteiger charge is 2.38. The molecule has 150 valence electrons. The van der Waals surface area contributed by atoms with Crippen LogP contribution in [0.4, 0.5) is 11.4 Å². The topological polar surface area (TPSA) is 44.1 Å². The van der Waals surface area contributed by atoms with Crippen molar-refractivity contribution in [3.05, 3.63) is 113 Å². The molecule has 31 heavy (non-hydrogen) atoms. The van der Waals surface area contributed by atoms with Gasteiger partial charge in [-0.05, 0) is 24.6 Å². The SMILES string of the molecule is Cc1[nH][n+](-c2ccccc2)c2c1C1=C(C=Nc3ccccc3N1)C(c1ccccc1)C2. The van der Waals surface area contributed by atoms with Gasteiger partial charge in [0, 0.05) is 36.3 Å². The fraction of sp³-hybridized carbons (Fsp3) is 0.111. The number of rotatable bonds is 2. The second kappa shape index (κ2) is 7.10. The Hall–Kier alpha value is -3.92. The number of anilines is 1. The summed E-state index contributed by atoms with van der Waals surface area (Å²) >= 11 is 0. The van der Waals surface area contributed by atoms with Gasteiger partial charge in [0.1, 0.15) is 0 Å². The number of aryl methyl sites for hydroxylation is 1. The molecule has 1 unspecified atom stereocenters. The van der Waals surface area contributed by atoms with Gasteiger partial charge in [0.15, 0.2) is 0 Å². The second-order valence-corrected chi connectivity index (χ2v) is 8.13. The third-order valence-corrected chi connectivity index (χ3v) is 6.25. The van der Waals surface area contributed by atoms with Gasteiger partial charge in [0.25, 0.3) is 0 Å². The molecule has 0 bridgehead atoms. The molecule has 6 rings (SSSR count). The molecule has 3 aromatic carbocycles. The molecule has 1 aliphatic carbocycles. The lowest BCUT2D eigenvalue weighted by Gasteiger charge is -2.25. The van der Waals surface area contributed by atoms with Gasteiger partial charge in [-0.1, -0.05) is 65.3 Å². The molecule has 4 aromatic rings. The van der Waals surface area contributed by atoms with E-state index in [4.69, 9.17) is 4.99 Å². The van der Waals surface area contributed by atoms with E-state index in [0.717, 1.165) is 34.9 Å². The summed E-state index contributed by atoms with van der Waals surface area (Å²) in [5, 5.41) is 7.36. The van der Waals surface area contributed by atoms with Crippen LogP contribution in [0.15, 0.2) is 95.5 Å². The first-order chi connectivity index (χ1) is 15.3. The van der Waals surface area contributed by atoms with E-state index in [0.29, 0.717) is 0 Å². The van der Waals surface area contributed by atoms with E-state index in [-0.39, 0.29) is 5.92 Å². The molecule has 0 amide bonds. The lowest BCUT2D eigenvalue weighted by Crippen LogP contribution is -2.39. The van der Waals surface area contributed by atoms with Crippen molar-refractivity contribution in [2.75, 3.05) is 5.32 Å². The van der Waals surface area contributed by atoms with Crippen LogP contribution in [0.3, 0.4) is 0 Å². The van der Waals surface area contributed by atoms with Crippen LogP contribution in [0.2, 0.25) is 0 Å². The van der Waals surface area contributed by atoms with Crippen molar-refractivity contribution in [1.82, 2.24) is 5.10 Å². The molecule has 4 heteroatoms. The normalized spacial score (nSPS) is 16.7. The second-order valence-electron chi connectivity index (χ2n) is 8.13. The number of nitrogens with zero attached hydrogens (tertiary/aromatic N) is 2. The van der Waals surface area contributed by atoms with E-state index in [1.165, 1.54) is 22.4 Å². The summed E-state index contributed by atoms with van der Waals surface area (Å²) in [7, 11) is 0. The number of nitrogens with one attached hydrogen (secondary N) is 2. The number of benzene rings is 3. The number of fused-ring (bicyclic) bond motifs is 3. The first-order valence-electron chi connectivity index (χ1n) is 10.7. The fourth-order valence-electron chi connectivity index (χ4n) is 4.80. The Morgan fingerprint density at radius 3 is 2.39 bits per heavy atom. The predicted octanol–water partition coefficient (Wildman–Crippen LogP) is 5.48. The minimum absolute atomic E-state index is 0.222. The molecule has 1 aliphatic heterocycles. The number of aliphatic imine (C=N–C) groups is 1. The van der Waals surface area contributed by atoms with Gasteiger partial charge in [0.05, 0.1) is 28.3 Å². The smallest absolute Gasteiger partial charge is 0.235 e. The van der Waals surface area contributed by atoms with Gasteiger partial charge < -0.3 is 5.32 Å². The molecule has 1 aromatic heterocycles. The standard InChI is InChI=1S/C27H22N4/c1-18-26-25(31(30-18)20-12-6-3-7-13-20)16-21(19-10-4-2-5-11-19)22-17-28-23-14-8-9-15-24(23)29-27(22)26/h2-15,17,21H,16H2,1H3,(H,28,29)/p+1. The van der Waals surface area contributed by atoms with Gasteiger partial charge in [-0.3, -0.25) is 4.99 Å². The number of allylic oxidation sites excluding steroid dienone is 1. The lowest BCUT2D eigenvalue weighted by molar-refractivity contribution is -0.663. The average Bonchev–Trinajstić information content (AvgIpc) is 3.03. The average molecular weight is 404 g/mol. The van der Waals surface area contributed by atoms with Crippen LogP contribution in [0.1, 0.15) is 28.4 Å². The minimum Gasteiger partial charge on any atom is -0.353 e. The van der Waals surface area contributed by atoms with Crippen molar-refractivity contribution < 1.29 is 4.68 Å². The Labute approximate surface area is 181 Å². The molecule has 2 heterocycles. The highest BCUT2D eigenvalue weighted by atomic mass is 15.3. The number of aromatic nitrogens is 2. The predicted molar refractivity (Wildman–Crippen MR) is 125 cm³/mol. The Balaban J connectivity index is 1.60. The van der Waals surface area contributed by atoms with Gasteiger partial charge in [-0.2, -0.15) is 5.10 Å². The van der Waals surface area contributed by atoms with E-state index in [1.807, 2.05) is 6.07 Å². The van der Waals surface area contributed by atoms with Crippen LogP contribution < -0.4 is 10.00 Å². The monoisotopic (exact) mass is 403 g/mol. The van der Waals surface area contributed by atoms with Gasteiger partial charge >= 0.3 is 0 Å². The molecule has 0 radical (unpaired) electrons. The molecule has 2 N–H and O–H groups in total. The van der Waals surface area contributed by atoms with Gasteiger partial charge in [0.2, 0.25) is 11.4 Å². The summed E-state index contributed by atoms with van der Waals surface area (Å²) in [5.41, 5.74) is 10.5. The van der Waals surface area contributed by atoms with E-state index in [9.17, 15) is 0 Å². The van der Waals surface area contributed by atoms with Crippen LogP contribution in [0, 0.1) is 6.92 Å². The largest absolute Gasteiger partial charge is 0.353 e. The first-order valence-corrected chi connectivity index (χ1v) is 10.7. The minimum atomic E-state index is 0.222. The third kappa shape index (κ3) is 2.91. The van der Waals surface area contributed by atoms with Crippen LogP contribution in [0.25, 0.3) is 11.4 Å². The van der Waals surface area contributed by atoms with Crippen molar-refractivity contribution in [1.29, 1.82) is 0 Å². The van der Waals surface area contributed by atoms with Crippen LogP contribution >= 0.6 is 0 Å². The van der Waals surface area contributed by atoms with E-state index < -0.39 is 0 Å². The highest BCUT2D eigenvalue weighted by Crippen LogP contribution is 2.43. The van der Waals surface area contributed by atoms with Crippen LogP contribution in [-0.4, -0.2) is 11.3 Å². The maximum Gasteiger partial charge on any atom is 0.235 e. The number of para-hydroxylation sites is 3. The van der Waals surface area contributed by atoms with Crippen LogP contribution in [0.5, 0.6) is 0 Å². The third-order valence-electron chi connectivity index (χ3n) is 6.25. The summed E-state index contributed by atoms with van der Waals surface area (Å²) in [4.78, 5) is 4.85. The molecule has 0 fully saturated rings. The molecule has 4 nitrogen and oxygen atoms in total. The van der Waals surface area contributed by atoms with Crippen LogP contribution in [-0.2, 0) is 6.42 Å². The van der Waals surface area contributed by atoms with E-state index in [2.05, 4.69) is 107 Å². The number of H-pyrrole nitrogens is 1. The maximum absolute atomic E-state index is 4.85. The number of hydrogen-bond donors (Lipinski definition) is 2. The zero-order valence-electron chi connectivity index (χ0n) is 17.3. The molecule has 0 saturated heterocycles. The molecular weight excluding hydrogens is 380 g/mol. The summed E-state index contributed by atoms with van der Waals surface area (Å²) in [6.07, 6.45) is 2.97. The van der Waals surface area contributed by atoms with Crippen molar-refractivity contribution in [3.8, 4) is 5.69 Å². The molecule has 0 spiro atoms. The first kappa shape index (κ1) is 17.9. The Morgan fingerprint density at radius 2 is 1.58 bits per heavy atom. The van der Waals surface area contributed by atoms with Crippen molar-refractivity contribution >= 4 is 23.3 Å². The molecule has 0 saturated carbocycles. The Bertz CT molecular complexity index is 1330. The summed E-state index contributed by atoms with van der Waals surface area (Å²) < 4.78 is 2.24. The summed E-state index contributed by atoms with van der Waals surface area (Å²) in [6.45, 7) is 2.15. The van der Waals surface area contributed by atoms with Crippen molar-refractivity contribution in [2.45, 2.75) is 19.3 Å². The van der Waals surface area contributed by atoms with Gasteiger partial charge in [-0.25, -0.2) is 0 Å². The highest BCUT2D eigenvalue weighted by molar-refractivity contribution is 6.02. The van der Waals surface area contributed by atoms with Crippen molar-refractivity contribution in [2.24, 2.45) is 4.99 Å². The Kier molecular flexibility index (Phi) is 4.10. The molecular formula is C27H23N4+. The molecule has 2 aliphatic rings. The lowest BCUT2D eigenvalue weighted by atomic mass is 9.80.